The molecule has 4 rings (SSSR count). The molecule has 0 amide bonds. The number of aromatic amines is 1. The monoisotopic (exact) mass is 270 g/mol. The van der Waals surface area contributed by atoms with E-state index < -0.39 is 0 Å². The Balaban J connectivity index is 1.59. The van der Waals surface area contributed by atoms with Crippen LogP contribution < -0.4 is 10.6 Å². The number of benzene rings is 1. The van der Waals surface area contributed by atoms with E-state index in [-0.39, 0.29) is 0 Å². The van der Waals surface area contributed by atoms with Crippen molar-refractivity contribution in [3.05, 3.63) is 18.3 Å². The lowest BCUT2D eigenvalue weighted by molar-refractivity contribution is 0.226. The van der Waals surface area contributed by atoms with Crippen LogP contribution in [0, 0.1) is 5.41 Å². The highest BCUT2D eigenvalue weighted by molar-refractivity contribution is 5.88. The van der Waals surface area contributed by atoms with Crippen LogP contribution in [0.4, 0.5) is 11.4 Å². The van der Waals surface area contributed by atoms with Gasteiger partial charge in [-0.15, -0.1) is 0 Å². The second-order valence-corrected chi connectivity index (χ2v) is 6.56. The Hall–Kier alpha value is -1.71. The Morgan fingerprint density at radius 3 is 2.60 bits per heavy atom. The molecule has 1 spiro atoms. The van der Waals surface area contributed by atoms with Gasteiger partial charge in [0, 0.05) is 18.5 Å². The van der Waals surface area contributed by atoms with E-state index in [0.29, 0.717) is 5.41 Å². The molecule has 1 aliphatic heterocycles. The number of nitrogens with one attached hydrogen (secondary N) is 1. The van der Waals surface area contributed by atoms with E-state index in [2.05, 4.69) is 21.2 Å². The molecule has 3 N–H and O–H groups in total. The number of aromatic nitrogens is 2. The Morgan fingerprint density at radius 2 is 1.85 bits per heavy atom. The minimum Gasteiger partial charge on any atom is -0.397 e. The average molecular weight is 270 g/mol. The lowest BCUT2D eigenvalue weighted by Crippen LogP contribution is -2.39. The fraction of sp³-hybridized carbons (Fsp3) is 0.562. The van der Waals surface area contributed by atoms with Crippen LogP contribution in [0.3, 0.4) is 0 Å². The normalized spacial score (nSPS) is 21.9. The number of rotatable bonds is 1. The molecule has 1 aromatic heterocycles. The summed E-state index contributed by atoms with van der Waals surface area (Å²) in [6.45, 7) is 2.29. The van der Waals surface area contributed by atoms with Gasteiger partial charge in [-0.2, -0.15) is 5.10 Å². The minimum absolute atomic E-state index is 0.656. The number of nitrogens with zero attached hydrogens (tertiary/aromatic N) is 2. The molecule has 2 fully saturated rings. The van der Waals surface area contributed by atoms with Crippen molar-refractivity contribution in [3.8, 4) is 0 Å². The number of hydrogen-bond acceptors (Lipinski definition) is 3. The third-order valence-electron chi connectivity index (χ3n) is 5.42. The summed E-state index contributed by atoms with van der Waals surface area (Å²) in [6, 6.07) is 4.19. The minimum atomic E-state index is 0.656. The summed E-state index contributed by atoms with van der Waals surface area (Å²) in [5, 5.41) is 8.22. The molecule has 4 nitrogen and oxygen atoms in total. The van der Waals surface area contributed by atoms with E-state index >= 15 is 0 Å². The van der Waals surface area contributed by atoms with Crippen LogP contribution >= 0.6 is 0 Å². The van der Waals surface area contributed by atoms with Crippen LogP contribution in [0.1, 0.15) is 38.5 Å². The topological polar surface area (TPSA) is 57.9 Å². The number of nitrogen functional groups attached to an aromatic ring is 1. The van der Waals surface area contributed by atoms with Gasteiger partial charge in [0.1, 0.15) is 0 Å². The molecule has 0 atom stereocenters. The van der Waals surface area contributed by atoms with Gasteiger partial charge in [-0.05, 0) is 43.2 Å². The first-order valence-corrected chi connectivity index (χ1v) is 7.73. The Morgan fingerprint density at radius 1 is 1.10 bits per heavy atom. The molecule has 4 heteroatoms. The van der Waals surface area contributed by atoms with Gasteiger partial charge in [0.15, 0.2) is 0 Å². The van der Waals surface area contributed by atoms with E-state index in [1.54, 1.807) is 0 Å². The molecule has 2 aliphatic rings. The van der Waals surface area contributed by atoms with E-state index in [9.17, 15) is 0 Å². The predicted octanol–water partition coefficient (Wildman–Crippen LogP) is 3.31. The molecule has 1 aromatic carbocycles. The zero-order chi connectivity index (χ0) is 13.6. The maximum atomic E-state index is 6.24. The standard InChI is InChI=1S/C16H22N4/c17-13-9-12-11-18-19-14(12)10-15(13)20-7-5-16(6-8-20)3-1-2-4-16/h9-11H,1-8,17H2,(H,18,19). The molecular weight excluding hydrogens is 248 g/mol. The quantitative estimate of drug-likeness (QED) is 0.782. The van der Waals surface area contributed by atoms with Crippen LogP contribution in [0.15, 0.2) is 18.3 Å². The van der Waals surface area contributed by atoms with Gasteiger partial charge in [-0.3, -0.25) is 5.10 Å². The van der Waals surface area contributed by atoms with Crippen molar-refractivity contribution in [2.45, 2.75) is 38.5 Å². The van der Waals surface area contributed by atoms with E-state index in [1.165, 1.54) is 44.2 Å². The highest BCUT2D eigenvalue weighted by Gasteiger charge is 2.37. The Labute approximate surface area is 119 Å². The van der Waals surface area contributed by atoms with E-state index in [1.807, 2.05) is 12.3 Å². The van der Waals surface area contributed by atoms with Crippen LogP contribution in [-0.4, -0.2) is 23.3 Å². The number of piperidine rings is 1. The summed E-state index contributed by atoms with van der Waals surface area (Å²) < 4.78 is 0. The van der Waals surface area contributed by atoms with Gasteiger partial charge in [-0.25, -0.2) is 0 Å². The van der Waals surface area contributed by atoms with Crippen molar-refractivity contribution in [3.63, 3.8) is 0 Å². The summed E-state index contributed by atoms with van der Waals surface area (Å²) in [5.74, 6) is 0. The molecule has 0 bridgehead atoms. The van der Waals surface area contributed by atoms with Gasteiger partial charge in [0.2, 0.25) is 0 Å². The van der Waals surface area contributed by atoms with Crippen molar-refractivity contribution in [2.75, 3.05) is 23.7 Å². The van der Waals surface area contributed by atoms with Crippen molar-refractivity contribution >= 4 is 22.3 Å². The zero-order valence-electron chi connectivity index (χ0n) is 11.9. The number of fused-ring (bicyclic) bond motifs is 1. The summed E-state index contributed by atoms with van der Waals surface area (Å²) >= 11 is 0. The van der Waals surface area contributed by atoms with Gasteiger partial charge in [-0.1, -0.05) is 12.8 Å². The third kappa shape index (κ3) is 1.86. The van der Waals surface area contributed by atoms with Gasteiger partial charge >= 0.3 is 0 Å². The zero-order valence-corrected chi connectivity index (χ0v) is 11.9. The van der Waals surface area contributed by atoms with E-state index in [4.69, 9.17) is 5.73 Å². The molecule has 1 saturated heterocycles. The number of H-pyrrole nitrogens is 1. The summed E-state index contributed by atoms with van der Waals surface area (Å²) in [4.78, 5) is 2.46. The van der Waals surface area contributed by atoms with Crippen LogP contribution in [0.5, 0.6) is 0 Å². The molecule has 106 valence electrons. The first-order valence-electron chi connectivity index (χ1n) is 7.73. The van der Waals surface area contributed by atoms with Crippen molar-refractivity contribution in [1.29, 1.82) is 0 Å². The second kappa shape index (κ2) is 4.40. The molecule has 20 heavy (non-hydrogen) atoms. The summed E-state index contributed by atoms with van der Waals surface area (Å²) in [7, 11) is 0. The van der Waals surface area contributed by atoms with E-state index in [0.717, 1.165) is 29.7 Å². The molecular formula is C16H22N4. The lowest BCUT2D eigenvalue weighted by atomic mass is 9.77. The Kier molecular flexibility index (Phi) is 2.65. The smallest absolute Gasteiger partial charge is 0.0672 e. The second-order valence-electron chi connectivity index (χ2n) is 6.56. The maximum absolute atomic E-state index is 6.24. The SMILES string of the molecule is Nc1cc2cn[nH]c2cc1N1CCC2(CCCC2)CC1. The van der Waals surface area contributed by atoms with Crippen LogP contribution in [0.2, 0.25) is 0 Å². The van der Waals surface area contributed by atoms with Crippen LogP contribution in [0.25, 0.3) is 10.9 Å². The number of nitrogens with two attached hydrogens (primary N) is 1. The molecule has 0 unspecified atom stereocenters. The highest BCUT2D eigenvalue weighted by atomic mass is 15.2. The molecule has 2 aromatic rings. The first-order chi connectivity index (χ1) is 9.76. The lowest BCUT2D eigenvalue weighted by Gasteiger charge is -2.40. The molecule has 1 aliphatic carbocycles. The number of anilines is 2. The van der Waals surface area contributed by atoms with Crippen molar-refractivity contribution in [2.24, 2.45) is 5.41 Å². The predicted molar refractivity (Wildman–Crippen MR) is 82.9 cm³/mol. The third-order valence-corrected chi connectivity index (χ3v) is 5.42. The Bertz CT molecular complexity index is 614. The highest BCUT2D eigenvalue weighted by Crippen LogP contribution is 2.47. The fourth-order valence-corrected chi connectivity index (χ4v) is 4.12. The average Bonchev–Trinajstić information content (AvgIpc) is 3.08. The number of hydrogen-bond donors (Lipinski definition) is 2. The van der Waals surface area contributed by atoms with Gasteiger partial charge in [0.25, 0.3) is 0 Å². The molecule has 2 heterocycles. The van der Waals surface area contributed by atoms with Gasteiger partial charge in [0.05, 0.1) is 23.1 Å². The fourth-order valence-electron chi connectivity index (χ4n) is 4.12. The van der Waals surface area contributed by atoms with Crippen LogP contribution in [-0.2, 0) is 0 Å². The van der Waals surface area contributed by atoms with Crippen molar-refractivity contribution in [1.82, 2.24) is 10.2 Å². The maximum Gasteiger partial charge on any atom is 0.0672 e. The first kappa shape index (κ1) is 12.1. The largest absolute Gasteiger partial charge is 0.397 e. The van der Waals surface area contributed by atoms with Gasteiger partial charge < -0.3 is 10.6 Å². The summed E-state index contributed by atoms with van der Waals surface area (Å²) in [5.41, 5.74) is 10.0. The van der Waals surface area contributed by atoms with Crippen molar-refractivity contribution < 1.29 is 0 Å². The summed E-state index contributed by atoms with van der Waals surface area (Å²) in [6.07, 6.45) is 10.2. The molecule has 1 saturated carbocycles. The molecule has 0 radical (unpaired) electrons.